The monoisotopic (exact) mass is 288 g/mol. The molecule has 1 aliphatic rings. The fraction of sp³-hybridized carbons (Fsp3) is 0.455. The van der Waals surface area contributed by atoms with Crippen LogP contribution >= 0.6 is 0 Å². The van der Waals surface area contributed by atoms with Crippen LogP contribution in [-0.4, -0.2) is 32.2 Å². The van der Waals surface area contributed by atoms with Crippen molar-refractivity contribution in [3.8, 4) is 0 Å². The second kappa shape index (κ2) is 5.22. The number of sulfone groups is 1. The van der Waals surface area contributed by atoms with E-state index in [1.165, 1.54) is 0 Å². The Morgan fingerprint density at radius 3 is 2.63 bits per heavy atom. The summed E-state index contributed by atoms with van der Waals surface area (Å²) in [6, 6.07) is 2.85. The molecule has 19 heavy (non-hydrogen) atoms. The molecule has 0 radical (unpaired) electrons. The Morgan fingerprint density at radius 2 is 2.11 bits per heavy atom. The van der Waals surface area contributed by atoms with Crippen molar-refractivity contribution in [1.29, 1.82) is 0 Å². The Balaban J connectivity index is 2.21. The zero-order chi connectivity index (χ0) is 14.0. The van der Waals surface area contributed by atoms with Crippen molar-refractivity contribution in [3.05, 3.63) is 39.7 Å². The smallest absolute Gasteiger partial charge is 0.273 e. The van der Waals surface area contributed by atoms with Crippen LogP contribution in [0.4, 0.5) is 10.1 Å². The van der Waals surface area contributed by atoms with Gasteiger partial charge in [-0.25, -0.2) is 12.8 Å². The molecular formula is C11H13FN2O4S. The maximum Gasteiger partial charge on any atom is 0.273 e. The van der Waals surface area contributed by atoms with E-state index >= 15 is 0 Å². The topological polar surface area (TPSA) is 89.3 Å². The third kappa shape index (κ3) is 3.48. The number of nitro benzene ring substituents is 1. The van der Waals surface area contributed by atoms with Gasteiger partial charge in [-0.15, -0.1) is 0 Å². The quantitative estimate of drug-likeness (QED) is 0.641. The van der Waals surface area contributed by atoms with E-state index in [-0.39, 0.29) is 22.9 Å². The lowest BCUT2D eigenvalue weighted by atomic mass is 10.1. The van der Waals surface area contributed by atoms with Gasteiger partial charge < -0.3 is 5.32 Å². The molecule has 1 fully saturated rings. The van der Waals surface area contributed by atoms with Gasteiger partial charge in [-0.2, -0.15) is 0 Å². The van der Waals surface area contributed by atoms with Crippen LogP contribution in [0.1, 0.15) is 5.56 Å². The minimum atomic E-state index is -3.48. The molecule has 2 rings (SSSR count). The first kappa shape index (κ1) is 13.9. The number of benzene rings is 1. The molecule has 0 bridgehead atoms. The van der Waals surface area contributed by atoms with Crippen molar-refractivity contribution in [2.24, 2.45) is 5.92 Å². The Morgan fingerprint density at radius 1 is 1.42 bits per heavy atom. The Kier molecular flexibility index (Phi) is 3.81. The van der Waals surface area contributed by atoms with E-state index in [0.29, 0.717) is 13.1 Å². The van der Waals surface area contributed by atoms with Crippen molar-refractivity contribution in [1.82, 2.24) is 5.32 Å². The fourth-order valence-electron chi connectivity index (χ4n) is 1.97. The Labute approximate surface area is 109 Å². The highest BCUT2D eigenvalue weighted by molar-refractivity contribution is 7.90. The second-order valence-electron chi connectivity index (χ2n) is 4.61. The van der Waals surface area contributed by atoms with Crippen LogP contribution in [0.2, 0.25) is 0 Å². The third-order valence-corrected chi connectivity index (χ3v) is 4.70. The van der Waals surface area contributed by atoms with Gasteiger partial charge in [0.05, 0.1) is 16.4 Å². The van der Waals surface area contributed by atoms with Crippen molar-refractivity contribution >= 4 is 15.5 Å². The van der Waals surface area contributed by atoms with Crippen LogP contribution in [0.25, 0.3) is 0 Å². The molecule has 8 heteroatoms. The van der Waals surface area contributed by atoms with Crippen LogP contribution in [0, 0.1) is 21.8 Å². The standard InChI is InChI=1S/C11H13FN2O4S/c12-10-1-2-11(14(15)16)9(3-10)7-19(17,18)6-8-4-13-5-8/h1-3,8,13H,4-7H2. The number of rotatable bonds is 5. The zero-order valence-electron chi connectivity index (χ0n) is 10.0. The van der Waals surface area contributed by atoms with Gasteiger partial charge in [0.1, 0.15) is 5.82 Å². The van der Waals surface area contributed by atoms with Gasteiger partial charge in [-0.1, -0.05) is 0 Å². The molecule has 1 aromatic carbocycles. The first-order valence-corrected chi connectivity index (χ1v) is 7.53. The predicted molar refractivity (Wildman–Crippen MR) is 66.9 cm³/mol. The molecule has 6 nitrogen and oxygen atoms in total. The lowest BCUT2D eigenvalue weighted by Gasteiger charge is -2.26. The molecule has 1 heterocycles. The molecule has 0 unspecified atom stereocenters. The SMILES string of the molecule is O=[N+]([O-])c1ccc(F)cc1CS(=O)(=O)CC1CNC1. The first-order valence-electron chi connectivity index (χ1n) is 5.71. The highest BCUT2D eigenvalue weighted by atomic mass is 32.2. The predicted octanol–water partition coefficient (Wildman–Crippen LogP) is 0.868. The highest BCUT2D eigenvalue weighted by Crippen LogP contribution is 2.23. The lowest BCUT2D eigenvalue weighted by molar-refractivity contribution is -0.385. The van der Waals surface area contributed by atoms with E-state index in [0.717, 1.165) is 18.2 Å². The number of nitrogens with zero attached hydrogens (tertiary/aromatic N) is 1. The molecule has 1 N–H and O–H groups in total. The van der Waals surface area contributed by atoms with Crippen molar-refractivity contribution < 1.29 is 17.7 Å². The molecule has 0 saturated carbocycles. The maximum atomic E-state index is 13.1. The van der Waals surface area contributed by atoms with Crippen LogP contribution in [0.15, 0.2) is 18.2 Å². The number of hydrogen-bond acceptors (Lipinski definition) is 5. The molecule has 0 aromatic heterocycles. The van der Waals surface area contributed by atoms with E-state index in [4.69, 9.17) is 0 Å². The third-order valence-electron chi connectivity index (χ3n) is 2.97. The number of nitro groups is 1. The summed E-state index contributed by atoms with van der Waals surface area (Å²) >= 11 is 0. The summed E-state index contributed by atoms with van der Waals surface area (Å²) in [4.78, 5) is 10.1. The minimum absolute atomic E-state index is 0.0341. The molecule has 1 aromatic rings. The van der Waals surface area contributed by atoms with E-state index in [9.17, 15) is 22.9 Å². The van der Waals surface area contributed by atoms with E-state index < -0.39 is 26.3 Å². The van der Waals surface area contributed by atoms with Crippen LogP contribution < -0.4 is 5.32 Å². The molecule has 0 atom stereocenters. The number of nitrogens with one attached hydrogen (secondary N) is 1. The van der Waals surface area contributed by atoms with Gasteiger partial charge >= 0.3 is 0 Å². The molecule has 1 saturated heterocycles. The largest absolute Gasteiger partial charge is 0.316 e. The molecule has 0 aliphatic carbocycles. The van der Waals surface area contributed by atoms with Gasteiger partial charge in [-0.05, 0) is 18.1 Å². The molecule has 0 spiro atoms. The highest BCUT2D eigenvalue weighted by Gasteiger charge is 2.27. The normalized spacial score (nSPS) is 16.1. The fourth-order valence-corrected chi connectivity index (χ4v) is 3.75. The molecule has 1 aliphatic heterocycles. The van der Waals surface area contributed by atoms with Crippen molar-refractivity contribution in [3.63, 3.8) is 0 Å². The van der Waals surface area contributed by atoms with Crippen molar-refractivity contribution in [2.45, 2.75) is 5.75 Å². The summed E-state index contributed by atoms with van der Waals surface area (Å²) in [6.07, 6.45) is 0. The maximum absolute atomic E-state index is 13.1. The summed E-state index contributed by atoms with van der Waals surface area (Å²) in [5.74, 6) is -1.18. The first-order chi connectivity index (χ1) is 8.87. The summed E-state index contributed by atoms with van der Waals surface area (Å²) in [5.41, 5.74) is -0.464. The van der Waals surface area contributed by atoms with Gasteiger partial charge in [0.25, 0.3) is 5.69 Å². The summed E-state index contributed by atoms with van der Waals surface area (Å²) < 4.78 is 36.9. The average molecular weight is 288 g/mol. The van der Waals surface area contributed by atoms with Crippen LogP contribution in [0.5, 0.6) is 0 Å². The summed E-state index contributed by atoms with van der Waals surface area (Å²) in [7, 11) is -3.48. The molecule has 104 valence electrons. The number of halogens is 1. The molecule has 0 amide bonds. The van der Waals surface area contributed by atoms with E-state index in [1.54, 1.807) is 0 Å². The number of hydrogen-bond donors (Lipinski definition) is 1. The van der Waals surface area contributed by atoms with Gasteiger partial charge in [0.2, 0.25) is 0 Å². The Bertz CT molecular complexity index is 599. The van der Waals surface area contributed by atoms with Crippen LogP contribution in [0.3, 0.4) is 0 Å². The van der Waals surface area contributed by atoms with E-state index in [2.05, 4.69) is 5.32 Å². The summed E-state index contributed by atoms with van der Waals surface area (Å²) in [5, 5.41) is 13.7. The lowest BCUT2D eigenvalue weighted by Crippen LogP contribution is -2.45. The van der Waals surface area contributed by atoms with E-state index in [1.807, 2.05) is 0 Å². The van der Waals surface area contributed by atoms with Crippen molar-refractivity contribution in [2.75, 3.05) is 18.8 Å². The van der Waals surface area contributed by atoms with Gasteiger partial charge in [0.15, 0.2) is 9.84 Å². The molecular weight excluding hydrogens is 275 g/mol. The second-order valence-corrected chi connectivity index (χ2v) is 6.72. The van der Waals surface area contributed by atoms with Crippen LogP contribution in [-0.2, 0) is 15.6 Å². The Hall–Kier alpha value is -1.54. The van der Waals surface area contributed by atoms with Gasteiger partial charge in [0, 0.05) is 24.7 Å². The van der Waals surface area contributed by atoms with Gasteiger partial charge in [-0.3, -0.25) is 10.1 Å². The minimum Gasteiger partial charge on any atom is -0.316 e. The average Bonchev–Trinajstić information content (AvgIpc) is 2.23. The zero-order valence-corrected chi connectivity index (χ0v) is 10.8. The summed E-state index contributed by atoms with van der Waals surface area (Å²) in [6.45, 7) is 1.26.